The number of aromatic nitrogens is 3. The topological polar surface area (TPSA) is 50.7 Å². The van der Waals surface area contributed by atoms with Crippen molar-refractivity contribution in [1.82, 2.24) is 14.8 Å². The molecule has 120 valence electrons. The highest BCUT2D eigenvalue weighted by molar-refractivity contribution is 6.30. The van der Waals surface area contributed by atoms with Crippen LogP contribution in [0.2, 0.25) is 5.02 Å². The number of H-pyrrole nitrogens is 1. The number of nitrogens with zero attached hydrogens (tertiary/aromatic N) is 2. The van der Waals surface area contributed by atoms with E-state index in [4.69, 9.17) is 11.6 Å². The molecule has 1 aliphatic carbocycles. The van der Waals surface area contributed by atoms with E-state index in [0.717, 1.165) is 24.2 Å². The second-order valence-corrected chi connectivity index (χ2v) is 6.49. The van der Waals surface area contributed by atoms with Gasteiger partial charge in [-0.05, 0) is 55.0 Å². The van der Waals surface area contributed by atoms with Gasteiger partial charge in [0.15, 0.2) is 0 Å². The van der Waals surface area contributed by atoms with Crippen molar-refractivity contribution in [3.8, 4) is 16.9 Å². The molecule has 4 nitrogen and oxygen atoms in total. The number of nitrogens with one attached hydrogen (secondary N) is 1. The minimum Gasteiger partial charge on any atom is -0.364 e. The van der Waals surface area contributed by atoms with Gasteiger partial charge in [-0.25, -0.2) is 0 Å². The lowest BCUT2D eigenvalue weighted by Crippen LogP contribution is -2.16. The van der Waals surface area contributed by atoms with E-state index in [1.807, 2.05) is 12.1 Å². The van der Waals surface area contributed by atoms with Crippen LogP contribution in [0.5, 0.6) is 0 Å². The lowest BCUT2D eigenvalue weighted by atomic mass is 9.86. The number of halogens is 2. The molecule has 0 radical (unpaired) electrons. The van der Waals surface area contributed by atoms with E-state index in [0.29, 0.717) is 16.5 Å². The second-order valence-electron chi connectivity index (χ2n) is 6.05. The maximum absolute atomic E-state index is 12.6. The van der Waals surface area contributed by atoms with Crippen molar-refractivity contribution < 1.29 is 0 Å². The van der Waals surface area contributed by atoms with E-state index in [1.165, 1.54) is 22.4 Å². The summed E-state index contributed by atoms with van der Waals surface area (Å²) in [5.41, 5.74) is 4.55. The van der Waals surface area contributed by atoms with Gasteiger partial charge < -0.3 is 4.98 Å². The molecule has 2 heterocycles. The van der Waals surface area contributed by atoms with Gasteiger partial charge in [-0.15, -0.1) is 12.4 Å². The van der Waals surface area contributed by atoms with Gasteiger partial charge in [0.05, 0.1) is 11.3 Å². The minimum atomic E-state index is -0.0883. The molecular weight excluding hydrogens is 333 g/mol. The van der Waals surface area contributed by atoms with Gasteiger partial charge in [0.1, 0.15) is 5.69 Å². The smallest absolute Gasteiger partial charge is 0.282 e. The van der Waals surface area contributed by atoms with Crippen LogP contribution in [-0.4, -0.2) is 14.8 Å². The highest BCUT2D eigenvalue weighted by Crippen LogP contribution is 2.31. The van der Waals surface area contributed by atoms with E-state index >= 15 is 0 Å². The van der Waals surface area contributed by atoms with Crippen LogP contribution in [0.3, 0.4) is 0 Å². The molecular formula is C17H17Cl2N3O. The van der Waals surface area contributed by atoms with Crippen LogP contribution in [0.25, 0.3) is 16.9 Å². The molecule has 0 aromatic heterocycles. The fourth-order valence-corrected chi connectivity index (χ4v) is 3.32. The monoisotopic (exact) mass is 349 g/mol. The fourth-order valence-electron chi connectivity index (χ4n) is 3.20. The third-order valence-corrected chi connectivity index (χ3v) is 4.68. The molecule has 1 atom stereocenters. The number of aromatic amines is 1. The zero-order chi connectivity index (χ0) is 15.3. The second kappa shape index (κ2) is 6.02. The van der Waals surface area contributed by atoms with Gasteiger partial charge in [0.2, 0.25) is 0 Å². The summed E-state index contributed by atoms with van der Waals surface area (Å²) in [5.74, 6) is 0.627. The Morgan fingerprint density at radius 1 is 1.30 bits per heavy atom. The molecule has 1 aromatic carbocycles. The maximum Gasteiger partial charge on any atom is 0.282 e. The molecule has 0 amide bonds. The van der Waals surface area contributed by atoms with E-state index in [9.17, 15) is 4.79 Å². The first-order valence-corrected chi connectivity index (χ1v) is 7.89. The van der Waals surface area contributed by atoms with E-state index in [1.54, 1.807) is 18.3 Å². The first kappa shape index (κ1) is 16.1. The molecule has 3 aliphatic rings. The number of pyridine rings is 1. The Balaban J connectivity index is 0.00000156. The first-order valence-electron chi connectivity index (χ1n) is 7.51. The van der Waals surface area contributed by atoms with Crippen molar-refractivity contribution in [1.29, 1.82) is 0 Å². The van der Waals surface area contributed by atoms with E-state index in [2.05, 4.69) is 17.0 Å². The van der Waals surface area contributed by atoms with Crippen LogP contribution in [-0.2, 0) is 12.8 Å². The van der Waals surface area contributed by atoms with Crippen molar-refractivity contribution in [2.75, 3.05) is 0 Å². The number of hydrogen-bond acceptors (Lipinski definition) is 2. The standard InChI is InChI=1S/C17H16ClN3O.ClH/c1-10-2-7-15-13(8-10)16-14(9-19-15)17(22)21(20-16)12-5-3-11(18)4-6-12;/h3-6,9-10,19H,2,7-8H2,1H3;1H. The predicted molar refractivity (Wildman–Crippen MR) is 94.3 cm³/mol. The summed E-state index contributed by atoms with van der Waals surface area (Å²) in [4.78, 5) is 15.9. The van der Waals surface area contributed by atoms with Crippen molar-refractivity contribution in [3.63, 3.8) is 0 Å². The number of rotatable bonds is 1. The van der Waals surface area contributed by atoms with Crippen molar-refractivity contribution in [3.05, 3.63) is 57.1 Å². The fraction of sp³-hybridized carbons (Fsp3) is 0.294. The van der Waals surface area contributed by atoms with Gasteiger partial charge in [0.25, 0.3) is 5.56 Å². The first-order chi connectivity index (χ1) is 10.6. The number of benzene rings is 1. The Bertz CT molecular complexity index is 867. The summed E-state index contributed by atoms with van der Waals surface area (Å²) in [7, 11) is 0. The van der Waals surface area contributed by atoms with Gasteiger partial charge in [0, 0.05) is 16.9 Å². The summed E-state index contributed by atoms with van der Waals surface area (Å²) in [6, 6.07) is 7.17. The van der Waals surface area contributed by atoms with Crippen LogP contribution in [0.4, 0.5) is 0 Å². The molecule has 0 saturated heterocycles. The lowest BCUT2D eigenvalue weighted by molar-refractivity contribution is 0.494. The van der Waals surface area contributed by atoms with E-state index in [-0.39, 0.29) is 18.0 Å². The van der Waals surface area contributed by atoms with Crippen LogP contribution < -0.4 is 5.56 Å². The summed E-state index contributed by atoms with van der Waals surface area (Å²) in [5, 5.41) is 5.25. The quantitative estimate of drug-likeness (QED) is 0.724. The van der Waals surface area contributed by atoms with Crippen molar-refractivity contribution in [2.45, 2.75) is 26.2 Å². The van der Waals surface area contributed by atoms with Crippen LogP contribution in [0.15, 0.2) is 35.3 Å². The minimum absolute atomic E-state index is 0. The Kier molecular flexibility index (Phi) is 4.21. The molecule has 1 N–H and O–H groups in total. The molecule has 1 aromatic rings. The van der Waals surface area contributed by atoms with Crippen LogP contribution in [0, 0.1) is 5.92 Å². The lowest BCUT2D eigenvalue weighted by Gasteiger charge is -2.22. The summed E-state index contributed by atoms with van der Waals surface area (Å²) in [6.45, 7) is 2.25. The molecule has 4 rings (SSSR count). The molecule has 0 bridgehead atoms. The van der Waals surface area contributed by atoms with Gasteiger partial charge >= 0.3 is 0 Å². The number of hydrogen-bond donors (Lipinski definition) is 1. The highest BCUT2D eigenvalue weighted by atomic mass is 35.5. The summed E-state index contributed by atoms with van der Waals surface area (Å²) in [6.07, 6.45) is 4.97. The Labute approximate surface area is 145 Å². The molecule has 0 spiro atoms. The van der Waals surface area contributed by atoms with Crippen molar-refractivity contribution >= 4 is 24.0 Å². The van der Waals surface area contributed by atoms with Gasteiger partial charge in [-0.2, -0.15) is 9.78 Å². The average molecular weight is 350 g/mol. The molecule has 6 heteroatoms. The highest BCUT2D eigenvalue weighted by Gasteiger charge is 2.25. The molecule has 2 aliphatic heterocycles. The molecule has 0 saturated carbocycles. The van der Waals surface area contributed by atoms with E-state index < -0.39 is 0 Å². The predicted octanol–water partition coefficient (Wildman–Crippen LogP) is 3.87. The number of fused-ring (bicyclic) bond motifs is 3. The largest absolute Gasteiger partial charge is 0.364 e. The Morgan fingerprint density at radius 2 is 2.04 bits per heavy atom. The molecule has 1 unspecified atom stereocenters. The normalized spacial score (nSPS) is 16.9. The van der Waals surface area contributed by atoms with Gasteiger partial charge in [-0.3, -0.25) is 4.79 Å². The maximum atomic E-state index is 12.6. The third-order valence-electron chi connectivity index (χ3n) is 4.43. The average Bonchev–Trinajstić information content (AvgIpc) is 2.86. The third kappa shape index (κ3) is 2.66. The summed E-state index contributed by atoms with van der Waals surface area (Å²) < 4.78 is 1.47. The van der Waals surface area contributed by atoms with Crippen LogP contribution >= 0.6 is 24.0 Å². The SMILES string of the molecule is CC1CCc2[nH]cc3c(=O)n(-c4ccc(Cl)cc4)nc-3c2C1.Cl. The summed E-state index contributed by atoms with van der Waals surface area (Å²) >= 11 is 5.92. The molecule has 23 heavy (non-hydrogen) atoms. The van der Waals surface area contributed by atoms with Gasteiger partial charge in [-0.1, -0.05) is 18.5 Å². The van der Waals surface area contributed by atoms with Crippen molar-refractivity contribution in [2.24, 2.45) is 5.92 Å². The Hall–Kier alpha value is -1.78. The Morgan fingerprint density at radius 3 is 2.78 bits per heavy atom. The molecule has 0 fully saturated rings. The zero-order valence-electron chi connectivity index (χ0n) is 12.7. The van der Waals surface area contributed by atoms with Crippen LogP contribution in [0.1, 0.15) is 24.6 Å². The zero-order valence-corrected chi connectivity index (χ0v) is 14.2. The number of aryl methyl sites for hydroxylation is 1.